The third-order valence-electron chi connectivity index (χ3n) is 5.23. The second kappa shape index (κ2) is 10.8. The smallest absolute Gasteiger partial charge is 0.331 e. The molecule has 1 aliphatic carbocycles. The number of allylic oxidation sites excluding steroid dienone is 2. The Labute approximate surface area is 198 Å². The van der Waals surface area contributed by atoms with Gasteiger partial charge in [0, 0.05) is 6.08 Å². The molecule has 0 spiro atoms. The van der Waals surface area contributed by atoms with Crippen LogP contribution in [0, 0.1) is 0 Å². The number of ether oxygens (including phenoxy) is 3. The lowest BCUT2D eigenvalue weighted by Crippen LogP contribution is -2.60. The van der Waals surface area contributed by atoms with Gasteiger partial charge in [-0.15, -0.1) is 0 Å². The van der Waals surface area contributed by atoms with Crippen LogP contribution in [-0.4, -0.2) is 91.3 Å². The largest absolute Gasteiger partial charge is 0.504 e. The minimum Gasteiger partial charge on any atom is -0.504 e. The second-order valence-corrected chi connectivity index (χ2v) is 7.95. The van der Waals surface area contributed by atoms with Crippen LogP contribution in [0.3, 0.4) is 0 Å². The number of phenolic OH excluding ortho intramolecular Hbond substituents is 2. The molecule has 12 nitrogen and oxygen atoms in total. The highest BCUT2D eigenvalue weighted by Crippen LogP contribution is 2.26. The molecule has 2 aliphatic rings. The zero-order chi connectivity index (χ0) is 25.8. The van der Waals surface area contributed by atoms with E-state index in [1.165, 1.54) is 24.3 Å². The summed E-state index contributed by atoms with van der Waals surface area (Å²) in [7, 11) is 0. The van der Waals surface area contributed by atoms with Gasteiger partial charge in [0.1, 0.15) is 30.5 Å². The van der Waals surface area contributed by atoms with Gasteiger partial charge in [-0.3, -0.25) is 9.59 Å². The van der Waals surface area contributed by atoms with E-state index in [4.69, 9.17) is 14.2 Å². The molecule has 0 amide bonds. The average molecular weight is 492 g/mol. The van der Waals surface area contributed by atoms with Gasteiger partial charge in [-0.1, -0.05) is 6.07 Å². The summed E-state index contributed by atoms with van der Waals surface area (Å²) in [4.78, 5) is 35.2. The number of hydrogen-bond acceptors (Lipinski definition) is 12. The third kappa shape index (κ3) is 6.74. The predicted octanol–water partition coefficient (Wildman–Crippen LogP) is -1.18. The number of carbonyl (C=O) groups excluding carboxylic acids is 3. The van der Waals surface area contributed by atoms with E-state index in [2.05, 4.69) is 0 Å². The van der Waals surface area contributed by atoms with E-state index >= 15 is 0 Å². The Bertz CT molecular complexity index is 1040. The fourth-order valence-corrected chi connectivity index (χ4v) is 3.31. The summed E-state index contributed by atoms with van der Waals surface area (Å²) in [5.74, 6) is -3.02. The maximum atomic E-state index is 12.1. The molecule has 1 aliphatic heterocycles. The molecule has 1 fully saturated rings. The predicted molar refractivity (Wildman–Crippen MR) is 115 cm³/mol. The minimum absolute atomic E-state index is 0.343. The van der Waals surface area contributed by atoms with Crippen molar-refractivity contribution >= 4 is 23.8 Å². The Morgan fingerprint density at radius 3 is 2.40 bits per heavy atom. The number of benzene rings is 1. The number of aromatic hydroxyl groups is 2. The molecule has 1 aromatic carbocycles. The van der Waals surface area contributed by atoms with E-state index < -0.39 is 67.0 Å². The van der Waals surface area contributed by atoms with Gasteiger partial charge < -0.3 is 44.8 Å². The fraction of sp³-hybridized carbons (Fsp3) is 0.348. The number of aliphatic hydroxyl groups is 4. The number of rotatable bonds is 7. The van der Waals surface area contributed by atoms with Gasteiger partial charge in [0.05, 0.1) is 6.42 Å². The van der Waals surface area contributed by atoms with Crippen LogP contribution in [0.4, 0.5) is 0 Å². The highest BCUT2D eigenvalue weighted by molar-refractivity contribution is 6.00. The number of hydrogen-bond donors (Lipinski definition) is 6. The van der Waals surface area contributed by atoms with Crippen LogP contribution < -0.4 is 0 Å². The summed E-state index contributed by atoms with van der Waals surface area (Å²) in [6.45, 7) is -0.596. The molecule has 3 rings (SSSR count). The highest BCUT2D eigenvalue weighted by Gasteiger charge is 2.46. The van der Waals surface area contributed by atoms with Crippen molar-refractivity contribution in [2.24, 2.45) is 0 Å². The summed E-state index contributed by atoms with van der Waals surface area (Å²) in [6.07, 6.45) is -2.32. The van der Waals surface area contributed by atoms with Crippen LogP contribution in [0.25, 0.3) is 6.08 Å². The Morgan fingerprint density at radius 1 is 1.06 bits per heavy atom. The topological polar surface area (TPSA) is 200 Å². The van der Waals surface area contributed by atoms with Gasteiger partial charge >= 0.3 is 11.9 Å². The monoisotopic (exact) mass is 492 g/mol. The molecule has 0 radical (unpaired) electrons. The molecular formula is C23H24O12. The van der Waals surface area contributed by atoms with E-state index in [1.54, 1.807) is 0 Å². The standard InChI is InChI=1S/C23H24O12/c24-13-5-7-23(32,8-6-13)10-18(28)33-11-16-19(29)20(30)21(22(31)34-16)35-17(27)4-2-12-1-3-14(25)15(26)9-12/h1-9,16,19-22,25-26,29-32H,10-11H2/b4-2+/t16-,19-,20+,21-,22-/m1/s1. The van der Waals surface area contributed by atoms with Gasteiger partial charge in [-0.25, -0.2) is 4.79 Å². The van der Waals surface area contributed by atoms with Crippen molar-refractivity contribution in [3.8, 4) is 11.5 Å². The van der Waals surface area contributed by atoms with Crippen molar-refractivity contribution in [2.75, 3.05) is 6.61 Å². The molecular weight excluding hydrogens is 468 g/mol. The van der Waals surface area contributed by atoms with Gasteiger partial charge in [-0.05, 0) is 48.1 Å². The summed E-state index contributed by atoms with van der Waals surface area (Å²) >= 11 is 0. The van der Waals surface area contributed by atoms with Crippen molar-refractivity contribution in [3.63, 3.8) is 0 Å². The van der Waals surface area contributed by atoms with Crippen molar-refractivity contribution in [3.05, 3.63) is 54.1 Å². The number of phenols is 2. The number of esters is 2. The van der Waals surface area contributed by atoms with E-state index in [1.807, 2.05) is 0 Å². The van der Waals surface area contributed by atoms with E-state index in [9.17, 15) is 45.0 Å². The lowest BCUT2D eigenvalue weighted by molar-refractivity contribution is -0.290. The SMILES string of the molecule is O=C1C=CC(O)(CC(=O)OC[C@H]2O[C@@H](O)[C@H](OC(=O)/C=C/c3ccc(O)c(O)c3)[C@@H](O)[C@@H]2O)C=C1. The van der Waals surface area contributed by atoms with E-state index in [0.717, 1.165) is 30.4 Å². The van der Waals surface area contributed by atoms with Gasteiger partial charge in [0.25, 0.3) is 0 Å². The third-order valence-corrected chi connectivity index (χ3v) is 5.23. The summed E-state index contributed by atoms with van der Waals surface area (Å²) in [5.41, 5.74) is -1.38. The van der Waals surface area contributed by atoms with E-state index in [-0.39, 0.29) is 11.5 Å². The molecule has 0 unspecified atom stereocenters. The van der Waals surface area contributed by atoms with Crippen LogP contribution in [0.5, 0.6) is 11.5 Å². The van der Waals surface area contributed by atoms with Crippen LogP contribution in [-0.2, 0) is 28.6 Å². The summed E-state index contributed by atoms with van der Waals surface area (Å²) in [6, 6.07) is 3.79. The molecule has 188 valence electrons. The fourth-order valence-electron chi connectivity index (χ4n) is 3.31. The highest BCUT2D eigenvalue weighted by atomic mass is 16.7. The molecule has 35 heavy (non-hydrogen) atoms. The first-order valence-corrected chi connectivity index (χ1v) is 10.4. The van der Waals surface area contributed by atoms with Gasteiger partial charge in [0.2, 0.25) is 0 Å². The van der Waals surface area contributed by atoms with Crippen LogP contribution >= 0.6 is 0 Å². The molecule has 1 saturated heterocycles. The van der Waals surface area contributed by atoms with Gasteiger partial charge in [0.15, 0.2) is 29.7 Å². The second-order valence-electron chi connectivity index (χ2n) is 7.95. The Morgan fingerprint density at radius 2 is 1.74 bits per heavy atom. The van der Waals surface area contributed by atoms with Crippen molar-refractivity contribution in [2.45, 2.75) is 42.7 Å². The van der Waals surface area contributed by atoms with Crippen LogP contribution in [0.1, 0.15) is 12.0 Å². The zero-order valence-electron chi connectivity index (χ0n) is 18.1. The molecule has 6 N–H and O–H groups in total. The molecule has 0 saturated carbocycles. The number of aliphatic hydroxyl groups excluding tert-OH is 3. The number of carbonyl (C=O) groups is 3. The molecule has 1 aromatic rings. The quantitative estimate of drug-likeness (QED) is 0.151. The Balaban J connectivity index is 1.51. The molecule has 12 heteroatoms. The molecule has 0 bridgehead atoms. The van der Waals surface area contributed by atoms with Gasteiger partial charge in [-0.2, -0.15) is 0 Å². The first kappa shape index (κ1) is 26.1. The maximum Gasteiger partial charge on any atom is 0.331 e. The molecule has 1 heterocycles. The minimum atomic E-state index is -1.87. The summed E-state index contributed by atoms with van der Waals surface area (Å²) in [5, 5.41) is 59.7. The normalized spacial score (nSPS) is 27.7. The number of ketones is 1. The lowest BCUT2D eigenvalue weighted by Gasteiger charge is -2.39. The Hall–Kier alpha value is -3.55. The van der Waals surface area contributed by atoms with Crippen LogP contribution in [0.2, 0.25) is 0 Å². The van der Waals surface area contributed by atoms with E-state index in [0.29, 0.717) is 5.56 Å². The average Bonchev–Trinajstić information content (AvgIpc) is 2.81. The Kier molecular flexibility index (Phi) is 8.04. The summed E-state index contributed by atoms with van der Waals surface area (Å²) < 4.78 is 15.0. The van der Waals surface area contributed by atoms with Crippen LogP contribution in [0.15, 0.2) is 48.6 Å². The maximum absolute atomic E-state index is 12.1. The van der Waals surface area contributed by atoms with Crippen molar-refractivity contribution in [1.82, 2.24) is 0 Å². The first-order chi connectivity index (χ1) is 16.5. The molecule has 5 atom stereocenters. The lowest BCUT2D eigenvalue weighted by atomic mass is 9.94. The van der Waals surface area contributed by atoms with Crippen molar-refractivity contribution < 1.29 is 59.2 Å². The zero-order valence-corrected chi connectivity index (χ0v) is 18.1. The van der Waals surface area contributed by atoms with Crippen molar-refractivity contribution in [1.29, 1.82) is 0 Å². The molecule has 0 aromatic heterocycles. The first-order valence-electron chi connectivity index (χ1n) is 10.4.